The van der Waals surface area contributed by atoms with E-state index in [1.165, 1.54) is 12.1 Å². The van der Waals surface area contributed by atoms with Crippen molar-refractivity contribution in [1.82, 2.24) is 5.53 Å². The van der Waals surface area contributed by atoms with Crippen molar-refractivity contribution >= 4 is 0 Å². The van der Waals surface area contributed by atoms with Gasteiger partial charge in [0.15, 0.2) is 12.1 Å². The molecular formula is C2H5N5. The van der Waals surface area contributed by atoms with Gasteiger partial charge in [0.05, 0.1) is 0 Å². The van der Waals surface area contributed by atoms with E-state index < -0.39 is 0 Å². The van der Waals surface area contributed by atoms with Crippen molar-refractivity contribution in [2.24, 2.45) is 11.7 Å². The number of hydrazine groups is 2. The van der Waals surface area contributed by atoms with Gasteiger partial charge in [0.25, 0.3) is 0 Å². The van der Waals surface area contributed by atoms with Crippen molar-refractivity contribution in [3.8, 4) is 12.1 Å². The van der Waals surface area contributed by atoms with Crippen molar-refractivity contribution in [3.05, 3.63) is 0 Å². The molecule has 0 rings (SSSR count). The quantitative estimate of drug-likeness (QED) is 0.249. The first kappa shape index (κ1) is 9.29. The van der Waals surface area contributed by atoms with Gasteiger partial charge >= 0.3 is 0 Å². The molecule has 0 amide bonds. The van der Waals surface area contributed by atoms with Crippen LogP contribution in [0, 0.1) is 22.7 Å². The fourth-order valence-electron chi connectivity index (χ4n) is 0. The van der Waals surface area contributed by atoms with E-state index in [0.717, 1.165) is 0 Å². The maximum Gasteiger partial charge on any atom is 0.181 e. The highest BCUT2D eigenvalue weighted by molar-refractivity contribution is 4.99. The van der Waals surface area contributed by atoms with E-state index in [4.69, 9.17) is 10.5 Å². The maximum atomic E-state index is 7.26. The highest BCUT2D eigenvalue weighted by atomic mass is 15.4. The molecule has 0 aromatic rings. The summed E-state index contributed by atoms with van der Waals surface area (Å²) in [6.45, 7) is 0. The number of rotatable bonds is 0. The number of hydrogen-bond acceptors (Lipinski definition) is 5. The van der Waals surface area contributed by atoms with Gasteiger partial charge in [-0.3, -0.25) is 11.7 Å². The summed E-state index contributed by atoms with van der Waals surface area (Å²) in [5, 5.41) is 14.5. The second kappa shape index (κ2) is 20.9. The smallest absolute Gasteiger partial charge is 0.181 e. The number of nitrogens with two attached hydrogens (primary N) is 2. The van der Waals surface area contributed by atoms with Gasteiger partial charge in [-0.15, -0.1) is 0 Å². The summed E-state index contributed by atoms with van der Waals surface area (Å²) < 4.78 is 0. The lowest BCUT2D eigenvalue weighted by molar-refractivity contribution is 0.803. The number of hydrogen-bond donors (Lipinski definition) is 3. The zero-order chi connectivity index (χ0) is 6.12. The Morgan fingerprint density at radius 2 is 1.29 bits per heavy atom. The Balaban J connectivity index is 0. The van der Waals surface area contributed by atoms with E-state index in [0.29, 0.717) is 0 Å². The van der Waals surface area contributed by atoms with Gasteiger partial charge in [-0.25, -0.2) is 0 Å². The molecule has 5 nitrogen and oxygen atoms in total. The normalized spacial score (nSPS) is 4.00. The van der Waals surface area contributed by atoms with Gasteiger partial charge in [-0.1, -0.05) is 0 Å². The molecular weight excluding hydrogens is 94.1 g/mol. The molecule has 0 radical (unpaired) electrons. The molecule has 5 heteroatoms. The lowest BCUT2D eigenvalue weighted by Crippen LogP contribution is -2.29. The Morgan fingerprint density at radius 1 is 1.14 bits per heavy atom. The molecule has 0 fully saturated rings. The number of nitriles is 2. The topological polar surface area (TPSA) is 112 Å². The molecule has 38 valence electrons. The Bertz CT molecular complexity index is 71.2. The van der Waals surface area contributed by atoms with Crippen molar-refractivity contribution in [1.29, 1.82) is 10.5 Å². The van der Waals surface area contributed by atoms with E-state index in [2.05, 4.69) is 11.7 Å². The average Bonchev–Trinajstić information content (AvgIpc) is 1.69. The van der Waals surface area contributed by atoms with Crippen LogP contribution < -0.4 is 17.2 Å². The molecule has 0 aromatic carbocycles. The average molecular weight is 99.1 g/mol. The summed E-state index contributed by atoms with van der Waals surface area (Å²) in [6, 6.07) is 2.47. The van der Waals surface area contributed by atoms with E-state index >= 15 is 0 Å². The molecule has 5 N–H and O–H groups in total. The third-order valence-corrected chi connectivity index (χ3v) is 0.0500. The molecule has 0 spiro atoms. The summed E-state index contributed by atoms with van der Waals surface area (Å²) >= 11 is 0. The van der Waals surface area contributed by atoms with Crippen molar-refractivity contribution in [2.45, 2.75) is 0 Å². The van der Waals surface area contributed by atoms with Crippen LogP contribution in [0.4, 0.5) is 0 Å². The van der Waals surface area contributed by atoms with Crippen molar-refractivity contribution < 1.29 is 0 Å². The van der Waals surface area contributed by atoms with Crippen LogP contribution >= 0.6 is 0 Å². The Morgan fingerprint density at radius 3 is 1.29 bits per heavy atom. The van der Waals surface area contributed by atoms with Crippen LogP contribution in [0.1, 0.15) is 0 Å². The molecule has 0 saturated heterocycles. The van der Waals surface area contributed by atoms with Crippen LogP contribution in [-0.2, 0) is 0 Å². The van der Waals surface area contributed by atoms with Gasteiger partial charge in [0.1, 0.15) is 0 Å². The van der Waals surface area contributed by atoms with Crippen molar-refractivity contribution in [3.63, 3.8) is 0 Å². The highest BCUT2D eigenvalue weighted by Crippen LogP contribution is 1.27. The summed E-state index contributed by atoms with van der Waals surface area (Å²) in [4.78, 5) is 0. The summed E-state index contributed by atoms with van der Waals surface area (Å²) in [6.07, 6.45) is 0. The zero-order valence-electron chi connectivity index (χ0n) is 3.55. The summed E-state index contributed by atoms with van der Waals surface area (Å²) in [5.74, 6) is 8.75. The first-order valence-corrected chi connectivity index (χ1v) is 1.27. The van der Waals surface area contributed by atoms with E-state index in [1.807, 2.05) is 0 Å². The van der Waals surface area contributed by atoms with Gasteiger partial charge in [0, 0.05) is 0 Å². The third-order valence-electron chi connectivity index (χ3n) is 0.0500. The molecule has 7 heavy (non-hydrogen) atoms. The molecule has 0 aliphatic rings. The first-order chi connectivity index (χ1) is 3.33. The van der Waals surface area contributed by atoms with Crippen LogP contribution in [0.15, 0.2) is 0 Å². The molecule has 0 unspecified atom stereocenters. The van der Waals surface area contributed by atoms with Gasteiger partial charge in [-0.2, -0.15) is 16.1 Å². The van der Waals surface area contributed by atoms with Crippen LogP contribution in [0.25, 0.3) is 0 Å². The zero-order valence-corrected chi connectivity index (χ0v) is 3.55. The highest BCUT2D eigenvalue weighted by Gasteiger charge is 1.39. The minimum Gasteiger partial charge on any atom is -0.258 e. The van der Waals surface area contributed by atoms with Gasteiger partial charge in [0.2, 0.25) is 0 Å². The summed E-state index contributed by atoms with van der Waals surface area (Å²) in [7, 11) is 0. The Hall–Kier alpha value is -1.14. The van der Waals surface area contributed by atoms with Crippen LogP contribution in [-0.4, -0.2) is 0 Å². The second-order valence-corrected chi connectivity index (χ2v) is 0.390. The number of nitrogens with zero attached hydrogens (tertiary/aromatic N) is 2. The Labute approximate surface area is 41.1 Å². The van der Waals surface area contributed by atoms with Crippen molar-refractivity contribution in [2.75, 3.05) is 0 Å². The monoisotopic (exact) mass is 99.1 g/mol. The minimum absolute atomic E-state index is 1.24. The standard InChI is InChI=1S/C2N2.H5N3/c3-1-2-4;1-3-2/h;3H,1-2H2. The van der Waals surface area contributed by atoms with E-state index in [1.54, 1.807) is 5.53 Å². The molecule has 0 heterocycles. The van der Waals surface area contributed by atoms with Gasteiger partial charge < -0.3 is 0 Å². The van der Waals surface area contributed by atoms with Gasteiger partial charge in [-0.05, 0) is 0 Å². The molecule has 0 aliphatic heterocycles. The van der Waals surface area contributed by atoms with Crippen LogP contribution in [0.3, 0.4) is 0 Å². The first-order valence-electron chi connectivity index (χ1n) is 1.27. The molecule has 0 bridgehead atoms. The fourth-order valence-corrected chi connectivity index (χ4v) is 0. The molecule has 0 saturated carbocycles. The van der Waals surface area contributed by atoms with E-state index in [-0.39, 0.29) is 0 Å². The SMILES string of the molecule is N#CC#N.NNN. The third kappa shape index (κ3) is 2030. The summed E-state index contributed by atoms with van der Waals surface area (Å²) in [5.41, 5.74) is 1.75. The number of nitrogens with one attached hydrogen (secondary N) is 1. The minimum atomic E-state index is 1.24. The maximum absolute atomic E-state index is 7.26. The predicted molar refractivity (Wildman–Crippen MR) is 22.7 cm³/mol. The lowest BCUT2D eigenvalue weighted by Gasteiger charge is -1.64. The fraction of sp³-hybridized carbons (Fsp3) is 0. The van der Waals surface area contributed by atoms with E-state index in [9.17, 15) is 0 Å². The predicted octanol–water partition coefficient (Wildman–Crippen LogP) is -1.64. The van der Waals surface area contributed by atoms with Crippen LogP contribution in [0.5, 0.6) is 0 Å². The largest absolute Gasteiger partial charge is 0.258 e. The molecule has 0 atom stereocenters. The Kier molecular flexibility index (Phi) is 27.8. The second-order valence-electron chi connectivity index (χ2n) is 0.390. The van der Waals surface area contributed by atoms with Crippen LogP contribution in [0.2, 0.25) is 0 Å². The lowest BCUT2D eigenvalue weighted by atomic mass is 10.9. The molecule has 0 aliphatic carbocycles. The molecule has 0 aromatic heterocycles.